The lowest BCUT2D eigenvalue weighted by atomic mass is 10.2. The van der Waals surface area contributed by atoms with Gasteiger partial charge in [0.15, 0.2) is 5.82 Å². The van der Waals surface area contributed by atoms with E-state index >= 15 is 0 Å². The summed E-state index contributed by atoms with van der Waals surface area (Å²) in [5.41, 5.74) is 1.11. The summed E-state index contributed by atoms with van der Waals surface area (Å²) in [5.74, 6) is 0.507. The van der Waals surface area contributed by atoms with Crippen LogP contribution in [0, 0.1) is 0 Å². The van der Waals surface area contributed by atoms with Gasteiger partial charge in [0.2, 0.25) is 5.91 Å². The number of hydrogen-bond acceptors (Lipinski definition) is 5. The number of carbonyl (C=O) groups excluding carboxylic acids is 1. The fraction of sp³-hybridized carbons (Fsp3) is 0.400. The van der Waals surface area contributed by atoms with Crippen molar-refractivity contribution in [1.29, 1.82) is 0 Å². The summed E-state index contributed by atoms with van der Waals surface area (Å²) in [7, 11) is 0. The molecule has 3 heterocycles. The predicted molar refractivity (Wildman–Crippen MR) is 81.4 cm³/mol. The topological polar surface area (TPSA) is 81.1 Å². The standard InChI is InChI=1S/C15H19N5O2/c21-15(9-13-11-22-8-6-17-13)18-14-3-7-20(19-14)10-12-1-4-16-5-2-12/h1-5,7,13,17H,6,8-11H2,(H,18,19,21). The Bertz CT molecular complexity index is 607. The van der Waals surface area contributed by atoms with Gasteiger partial charge in [-0.2, -0.15) is 5.10 Å². The lowest BCUT2D eigenvalue weighted by Crippen LogP contribution is -2.43. The van der Waals surface area contributed by atoms with Gasteiger partial charge in [-0.3, -0.25) is 14.5 Å². The number of morpholine rings is 1. The number of ether oxygens (including phenoxy) is 1. The summed E-state index contributed by atoms with van der Waals surface area (Å²) in [6.45, 7) is 2.72. The van der Waals surface area contributed by atoms with Crippen molar-refractivity contribution in [3.8, 4) is 0 Å². The Kier molecular flexibility index (Phi) is 4.77. The van der Waals surface area contributed by atoms with Gasteiger partial charge in [-0.15, -0.1) is 0 Å². The van der Waals surface area contributed by atoms with E-state index < -0.39 is 0 Å². The molecule has 1 unspecified atom stereocenters. The van der Waals surface area contributed by atoms with Crippen LogP contribution in [0.2, 0.25) is 0 Å². The number of aromatic nitrogens is 3. The van der Waals surface area contributed by atoms with Gasteiger partial charge in [-0.1, -0.05) is 0 Å². The van der Waals surface area contributed by atoms with E-state index in [9.17, 15) is 4.79 Å². The van der Waals surface area contributed by atoms with Crippen LogP contribution in [0.5, 0.6) is 0 Å². The van der Waals surface area contributed by atoms with Crippen LogP contribution in [0.1, 0.15) is 12.0 Å². The van der Waals surface area contributed by atoms with Gasteiger partial charge >= 0.3 is 0 Å². The molecule has 1 atom stereocenters. The van der Waals surface area contributed by atoms with Crippen LogP contribution in [-0.2, 0) is 16.1 Å². The molecule has 0 radical (unpaired) electrons. The molecule has 0 aliphatic carbocycles. The van der Waals surface area contributed by atoms with E-state index in [0.717, 1.165) is 12.1 Å². The van der Waals surface area contributed by atoms with Gasteiger partial charge in [0.25, 0.3) is 0 Å². The smallest absolute Gasteiger partial charge is 0.227 e. The molecule has 0 spiro atoms. The molecule has 116 valence electrons. The zero-order valence-corrected chi connectivity index (χ0v) is 12.2. The number of pyridine rings is 1. The molecule has 2 N–H and O–H groups in total. The van der Waals surface area contributed by atoms with E-state index in [1.54, 1.807) is 23.1 Å². The first-order valence-electron chi connectivity index (χ1n) is 7.33. The minimum atomic E-state index is -0.0582. The van der Waals surface area contributed by atoms with Crippen LogP contribution >= 0.6 is 0 Å². The second-order valence-corrected chi connectivity index (χ2v) is 5.23. The zero-order chi connectivity index (χ0) is 15.2. The number of carbonyl (C=O) groups is 1. The van der Waals surface area contributed by atoms with Crippen LogP contribution < -0.4 is 10.6 Å². The SMILES string of the molecule is O=C(CC1COCCN1)Nc1ccn(Cc2ccncc2)n1. The van der Waals surface area contributed by atoms with Gasteiger partial charge in [0.05, 0.1) is 19.8 Å². The van der Waals surface area contributed by atoms with E-state index in [2.05, 4.69) is 20.7 Å². The Balaban J connectivity index is 1.51. The van der Waals surface area contributed by atoms with Crippen LogP contribution in [0.3, 0.4) is 0 Å². The van der Waals surface area contributed by atoms with Crippen molar-refractivity contribution >= 4 is 11.7 Å². The molecule has 7 nitrogen and oxygen atoms in total. The third kappa shape index (κ3) is 4.12. The highest BCUT2D eigenvalue weighted by molar-refractivity contribution is 5.90. The molecule has 0 saturated carbocycles. The number of rotatable bonds is 5. The molecule has 2 aromatic rings. The Hall–Kier alpha value is -2.25. The highest BCUT2D eigenvalue weighted by Gasteiger charge is 2.17. The summed E-state index contributed by atoms with van der Waals surface area (Å²) < 4.78 is 7.12. The number of hydrogen-bond donors (Lipinski definition) is 2. The second kappa shape index (κ2) is 7.15. The van der Waals surface area contributed by atoms with Crippen molar-refractivity contribution in [1.82, 2.24) is 20.1 Å². The van der Waals surface area contributed by atoms with Gasteiger partial charge in [0, 0.05) is 43.7 Å². The first-order valence-corrected chi connectivity index (χ1v) is 7.33. The lowest BCUT2D eigenvalue weighted by Gasteiger charge is -2.22. The van der Waals surface area contributed by atoms with Crippen LogP contribution in [-0.4, -0.2) is 46.5 Å². The molecule has 7 heteroatoms. The molecule has 3 rings (SSSR count). The summed E-state index contributed by atoms with van der Waals surface area (Å²) in [6.07, 6.45) is 5.73. The van der Waals surface area contributed by atoms with Crippen molar-refractivity contribution in [2.45, 2.75) is 19.0 Å². The van der Waals surface area contributed by atoms with E-state index in [1.165, 1.54) is 0 Å². The Morgan fingerprint density at radius 2 is 2.27 bits per heavy atom. The van der Waals surface area contributed by atoms with E-state index in [0.29, 0.717) is 32.0 Å². The molecule has 1 fully saturated rings. The molecule has 1 aliphatic rings. The third-order valence-corrected chi connectivity index (χ3v) is 3.43. The maximum atomic E-state index is 12.0. The van der Waals surface area contributed by atoms with E-state index in [1.807, 2.05) is 18.3 Å². The highest BCUT2D eigenvalue weighted by atomic mass is 16.5. The van der Waals surface area contributed by atoms with Crippen molar-refractivity contribution in [2.75, 3.05) is 25.1 Å². The van der Waals surface area contributed by atoms with Crippen molar-refractivity contribution in [3.05, 3.63) is 42.4 Å². The minimum absolute atomic E-state index is 0.0582. The summed E-state index contributed by atoms with van der Waals surface area (Å²) in [6, 6.07) is 5.75. The monoisotopic (exact) mass is 301 g/mol. The fourth-order valence-corrected chi connectivity index (χ4v) is 2.36. The third-order valence-electron chi connectivity index (χ3n) is 3.43. The number of anilines is 1. The molecular formula is C15H19N5O2. The average Bonchev–Trinajstić information content (AvgIpc) is 2.96. The normalized spacial score (nSPS) is 18.1. The van der Waals surface area contributed by atoms with Gasteiger partial charge < -0.3 is 15.4 Å². The minimum Gasteiger partial charge on any atom is -0.378 e. The molecule has 1 saturated heterocycles. The van der Waals surface area contributed by atoms with E-state index in [-0.39, 0.29) is 11.9 Å². The molecule has 1 amide bonds. The molecular weight excluding hydrogens is 282 g/mol. The van der Waals surface area contributed by atoms with Crippen LogP contribution in [0.15, 0.2) is 36.8 Å². The molecule has 22 heavy (non-hydrogen) atoms. The second-order valence-electron chi connectivity index (χ2n) is 5.23. The Morgan fingerprint density at radius 3 is 3.05 bits per heavy atom. The zero-order valence-electron chi connectivity index (χ0n) is 12.2. The first kappa shape index (κ1) is 14.7. The lowest BCUT2D eigenvalue weighted by molar-refractivity contribution is -0.117. The number of nitrogens with one attached hydrogen (secondary N) is 2. The Labute approximate surface area is 128 Å². The molecule has 0 aromatic carbocycles. The Morgan fingerprint density at radius 1 is 1.41 bits per heavy atom. The summed E-state index contributed by atoms with van der Waals surface area (Å²) in [4.78, 5) is 16.0. The fourth-order valence-electron chi connectivity index (χ4n) is 2.36. The van der Waals surface area contributed by atoms with Gasteiger partial charge in [0.1, 0.15) is 0 Å². The molecule has 0 bridgehead atoms. The number of nitrogens with zero attached hydrogens (tertiary/aromatic N) is 3. The maximum absolute atomic E-state index is 12.0. The van der Waals surface area contributed by atoms with Crippen molar-refractivity contribution in [2.24, 2.45) is 0 Å². The number of amides is 1. The largest absolute Gasteiger partial charge is 0.378 e. The first-order chi connectivity index (χ1) is 10.8. The predicted octanol–water partition coefficient (Wildman–Crippen LogP) is 0.643. The molecule has 2 aromatic heterocycles. The highest BCUT2D eigenvalue weighted by Crippen LogP contribution is 2.07. The van der Waals surface area contributed by atoms with Crippen molar-refractivity contribution < 1.29 is 9.53 Å². The van der Waals surface area contributed by atoms with Crippen LogP contribution in [0.4, 0.5) is 5.82 Å². The van der Waals surface area contributed by atoms with E-state index in [4.69, 9.17) is 4.74 Å². The van der Waals surface area contributed by atoms with Gasteiger partial charge in [-0.05, 0) is 17.7 Å². The van der Waals surface area contributed by atoms with Crippen LogP contribution in [0.25, 0.3) is 0 Å². The van der Waals surface area contributed by atoms with Gasteiger partial charge in [-0.25, -0.2) is 0 Å². The summed E-state index contributed by atoms with van der Waals surface area (Å²) in [5, 5.41) is 10.4. The molecule has 1 aliphatic heterocycles. The average molecular weight is 301 g/mol. The van der Waals surface area contributed by atoms with Crippen molar-refractivity contribution in [3.63, 3.8) is 0 Å². The summed E-state index contributed by atoms with van der Waals surface area (Å²) >= 11 is 0. The maximum Gasteiger partial charge on any atom is 0.227 e. The quantitative estimate of drug-likeness (QED) is 0.847.